The number of ether oxygens (including phenoxy) is 1. The zero-order chi connectivity index (χ0) is 25.9. The summed E-state index contributed by atoms with van der Waals surface area (Å²) < 4.78 is 45.3. The Labute approximate surface area is 202 Å². The molecule has 0 amide bonds. The van der Waals surface area contributed by atoms with Gasteiger partial charge < -0.3 is 14.5 Å². The van der Waals surface area contributed by atoms with Crippen molar-refractivity contribution in [3.63, 3.8) is 0 Å². The molecule has 1 fully saturated rings. The van der Waals surface area contributed by atoms with Crippen LogP contribution in [0.15, 0.2) is 41.5 Å². The Hall–Kier alpha value is -3.94. The van der Waals surface area contributed by atoms with Crippen LogP contribution in [0.3, 0.4) is 0 Å². The molecule has 1 aliphatic rings. The molecular formula is C22H23F3N6O5. The summed E-state index contributed by atoms with van der Waals surface area (Å²) in [6.45, 7) is 2.13. The van der Waals surface area contributed by atoms with Gasteiger partial charge in [0.15, 0.2) is 11.2 Å². The number of imidazole rings is 1. The topological polar surface area (TPSA) is 112 Å². The van der Waals surface area contributed by atoms with Crippen molar-refractivity contribution in [1.29, 1.82) is 0 Å². The van der Waals surface area contributed by atoms with E-state index >= 15 is 0 Å². The lowest BCUT2D eigenvalue weighted by Crippen LogP contribution is -2.49. The number of rotatable bonds is 7. The fraction of sp³-hybridized carbons (Fsp3) is 0.409. The third kappa shape index (κ3) is 5.48. The van der Waals surface area contributed by atoms with Gasteiger partial charge in [0.2, 0.25) is 5.95 Å². The molecule has 0 N–H and O–H groups in total. The number of alkyl halides is 3. The molecule has 14 heteroatoms. The maximum Gasteiger partial charge on any atom is 0.492 e. The van der Waals surface area contributed by atoms with Gasteiger partial charge in [-0.05, 0) is 12.5 Å². The fourth-order valence-corrected chi connectivity index (χ4v) is 3.81. The first kappa shape index (κ1) is 25.2. The molecule has 2 aromatic heterocycles. The lowest BCUT2D eigenvalue weighted by molar-refractivity contribution is -0.239. The molecular weight excluding hydrogens is 485 g/mol. The smallest absolute Gasteiger partial charge is 0.465 e. The highest BCUT2D eigenvalue weighted by molar-refractivity contribution is 5.76. The van der Waals surface area contributed by atoms with Crippen LogP contribution in [0, 0.1) is 0 Å². The summed E-state index contributed by atoms with van der Waals surface area (Å²) in [4.78, 5) is 51.4. The van der Waals surface area contributed by atoms with Gasteiger partial charge in [-0.3, -0.25) is 18.7 Å². The minimum absolute atomic E-state index is 0.00309. The van der Waals surface area contributed by atoms with Crippen LogP contribution < -0.4 is 10.5 Å². The normalized spacial score (nSPS) is 14.7. The monoisotopic (exact) mass is 508 g/mol. The largest absolute Gasteiger partial charge is 0.492 e. The molecule has 0 atom stereocenters. The summed E-state index contributed by atoms with van der Waals surface area (Å²) in [6, 6.07) is 9.29. The van der Waals surface area contributed by atoms with Crippen molar-refractivity contribution in [3.05, 3.63) is 52.6 Å². The third-order valence-electron chi connectivity index (χ3n) is 5.47. The molecule has 0 saturated carbocycles. The minimum Gasteiger partial charge on any atom is -0.465 e. The first-order valence-electron chi connectivity index (χ1n) is 11.1. The first-order chi connectivity index (χ1) is 17.2. The Morgan fingerprint density at radius 2 is 1.78 bits per heavy atom. The van der Waals surface area contributed by atoms with Crippen LogP contribution in [0.4, 0.5) is 19.1 Å². The van der Waals surface area contributed by atoms with Gasteiger partial charge in [0, 0.05) is 13.1 Å². The summed E-state index contributed by atoms with van der Waals surface area (Å²) in [7, 11) is 0. The average Bonchev–Trinajstić information content (AvgIpc) is 3.20. The number of hydrogen-bond acceptors (Lipinski definition) is 9. The van der Waals surface area contributed by atoms with Gasteiger partial charge >= 0.3 is 18.1 Å². The second kappa shape index (κ2) is 10.4. The zero-order valence-electron chi connectivity index (χ0n) is 19.3. The lowest BCUT2D eigenvalue weighted by atomic mass is 10.2. The quantitative estimate of drug-likeness (QED) is 0.437. The number of carbonyl (C=O) groups excluding carboxylic acids is 2. The molecule has 1 saturated heterocycles. The summed E-state index contributed by atoms with van der Waals surface area (Å²) in [5, 5.41) is 0.946. The van der Waals surface area contributed by atoms with E-state index in [4.69, 9.17) is 4.74 Å². The van der Waals surface area contributed by atoms with Crippen LogP contribution in [0.2, 0.25) is 0 Å². The fourth-order valence-electron chi connectivity index (χ4n) is 3.81. The number of carbonyl (C=O) groups is 2. The number of esters is 1. The van der Waals surface area contributed by atoms with Crippen molar-refractivity contribution in [3.8, 4) is 0 Å². The number of hydrogen-bond donors (Lipinski definition) is 0. The molecule has 0 aliphatic carbocycles. The van der Waals surface area contributed by atoms with Gasteiger partial charge in [-0.15, -0.1) is 5.06 Å². The maximum absolute atomic E-state index is 13.3. The van der Waals surface area contributed by atoms with Crippen molar-refractivity contribution in [1.82, 2.24) is 24.2 Å². The highest BCUT2D eigenvalue weighted by atomic mass is 19.4. The zero-order valence-corrected chi connectivity index (χ0v) is 19.3. The van der Waals surface area contributed by atoms with E-state index in [-0.39, 0.29) is 57.0 Å². The van der Waals surface area contributed by atoms with E-state index in [1.54, 1.807) is 16.4 Å². The van der Waals surface area contributed by atoms with Crippen molar-refractivity contribution in [2.45, 2.75) is 26.2 Å². The number of piperazine rings is 1. The second-order valence-electron chi connectivity index (χ2n) is 7.93. The highest BCUT2D eigenvalue weighted by Crippen LogP contribution is 2.23. The van der Waals surface area contributed by atoms with Crippen LogP contribution in [-0.2, 0) is 32.3 Å². The van der Waals surface area contributed by atoms with E-state index in [0.29, 0.717) is 5.95 Å². The predicted octanol–water partition coefficient (Wildman–Crippen LogP) is 1.35. The molecule has 36 heavy (non-hydrogen) atoms. The lowest BCUT2D eigenvalue weighted by Gasteiger charge is -2.34. The first-order valence-corrected chi connectivity index (χ1v) is 11.1. The van der Waals surface area contributed by atoms with Gasteiger partial charge in [-0.1, -0.05) is 30.3 Å². The number of anilines is 1. The number of hydroxylamine groups is 2. The molecule has 1 aromatic carbocycles. The highest BCUT2D eigenvalue weighted by Gasteiger charge is 2.43. The molecule has 0 unspecified atom stereocenters. The van der Waals surface area contributed by atoms with Crippen molar-refractivity contribution < 1.29 is 32.3 Å². The Morgan fingerprint density at radius 1 is 1.08 bits per heavy atom. The average molecular weight is 508 g/mol. The summed E-state index contributed by atoms with van der Waals surface area (Å²) in [5.74, 6) is -2.48. The summed E-state index contributed by atoms with van der Waals surface area (Å²) in [5.41, 5.74) is 0.722. The Bertz CT molecular complexity index is 1300. The Morgan fingerprint density at radius 3 is 2.42 bits per heavy atom. The van der Waals surface area contributed by atoms with Gasteiger partial charge in [0.05, 0.1) is 26.2 Å². The van der Waals surface area contributed by atoms with E-state index in [1.807, 2.05) is 30.3 Å². The van der Waals surface area contributed by atoms with Crippen LogP contribution in [0.1, 0.15) is 12.5 Å². The maximum atomic E-state index is 13.3. The number of nitrogens with zero attached hydrogens (tertiary/aromatic N) is 6. The molecule has 4 rings (SSSR count). The molecule has 3 heterocycles. The minimum atomic E-state index is -5.09. The third-order valence-corrected chi connectivity index (χ3v) is 5.47. The molecule has 3 aromatic rings. The van der Waals surface area contributed by atoms with Crippen molar-refractivity contribution in [2.75, 3.05) is 37.7 Å². The van der Waals surface area contributed by atoms with Crippen LogP contribution in [0.25, 0.3) is 11.2 Å². The Kier molecular flexibility index (Phi) is 7.24. The molecule has 1 aliphatic heterocycles. The standard InChI is InChI=1S/C22H23F3N6O5/c1-2-35-16(32)13-29-14-26-18-17(19(29)33)31(12-15-6-4-3-5-7-15)21(27-18)28-8-10-30(11-9-28)36-20(34)22(23,24)25/h3-7,14H,2,8-13H2,1H3. The van der Waals surface area contributed by atoms with Crippen molar-refractivity contribution >= 4 is 29.1 Å². The molecule has 11 nitrogen and oxygen atoms in total. The van der Waals surface area contributed by atoms with Crippen LogP contribution in [0.5, 0.6) is 0 Å². The van der Waals surface area contributed by atoms with Gasteiger partial charge in [0.1, 0.15) is 12.9 Å². The molecule has 0 radical (unpaired) electrons. The van der Waals surface area contributed by atoms with E-state index in [0.717, 1.165) is 15.2 Å². The SMILES string of the molecule is CCOC(=O)Cn1cnc2nc(N3CCN(OC(=O)C(F)(F)F)CC3)n(Cc3ccccc3)c2c1=O. The predicted molar refractivity (Wildman–Crippen MR) is 120 cm³/mol. The van der Waals surface area contributed by atoms with E-state index in [9.17, 15) is 27.6 Å². The molecule has 192 valence electrons. The van der Waals surface area contributed by atoms with Gasteiger partial charge in [-0.25, -0.2) is 9.78 Å². The van der Waals surface area contributed by atoms with Crippen LogP contribution in [-0.4, -0.2) is 75.1 Å². The number of benzene rings is 1. The Balaban J connectivity index is 1.65. The molecule has 0 spiro atoms. The van der Waals surface area contributed by atoms with Crippen molar-refractivity contribution in [2.24, 2.45) is 0 Å². The second-order valence-corrected chi connectivity index (χ2v) is 7.93. The van der Waals surface area contributed by atoms with E-state index < -0.39 is 23.7 Å². The number of halogens is 3. The summed E-state index contributed by atoms with van der Waals surface area (Å²) in [6.07, 6.45) is -3.87. The molecule has 0 bridgehead atoms. The van der Waals surface area contributed by atoms with E-state index in [2.05, 4.69) is 14.8 Å². The van der Waals surface area contributed by atoms with Gasteiger partial charge in [-0.2, -0.15) is 18.2 Å². The number of aromatic nitrogens is 4. The van der Waals surface area contributed by atoms with E-state index in [1.165, 1.54) is 6.33 Å². The number of fused-ring (bicyclic) bond motifs is 1. The van der Waals surface area contributed by atoms with Crippen LogP contribution >= 0.6 is 0 Å². The van der Waals surface area contributed by atoms with Gasteiger partial charge in [0.25, 0.3) is 5.56 Å². The summed E-state index contributed by atoms with van der Waals surface area (Å²) >= 11 is 0.